The first kappa shape index (κ1) is 27.0. The van der Waals surface area contributed by atoms with Gasteiger partial charge in [-0.1, -0.05) is 36.4 Å². The molecule has 2 amide bonds. The number of amides is 2. The van der Waals surface area contributed by atoms with Crippen LogP contribution in [0, 0.1) is 11.3 Å². The van der Waals surface area contributed by atoms with E-state index >= 15 is 0 Å². The first-order valence-corrected chi connectivity index (χ1v) is 13.3. The van der Waals surface area contributed by atoms with E-state index in [1.807, 2.05) is 33.7 Å². The zero-order chi connectivity index (χ0) is 27.9. The van der Waals surface area contributed by atoms with Gasteiger partial charge in [-0.05, 0) is 36.2 Å². The number of aryl methyl sites for hydroxylation is 1. The van der Waals surface area contributed by atoms with Gasteiger partial charge >= 0.3 is 0 Å². The van der Waals surface area contributed by atoms with Crippen LogP contribution in [0.2, 0.25) is 0 Å². The van der Waals surface area contributed by atoms with E-state index in [4.69, 9.17) is 4.74 Å². The lowest BCUT2D eigenvalue weighted by atomic mass is 10.1. The van der Waals surface area contributed by atoms with Crippen LogP contribution in [0.3, 0.4) is 0 Å². The van der Waals surface area contributed by atoms with Gasteiger partial charge in [-0.15, -0.1) is 0 Å². The normalized spacial score (nSPS) is 13.8. The van der Waals surface area contributed by atoms with E-state index in [1.165, 1.54) is 11.6 Å². The topological polar surface area (TPSA) is 116 Å². The minimum Gasteiger partial charge on any atom is -0.385 e. The van der Waals surface area contributed by atoms with E-state index in [0.717, 1.165) is 19.6 Å². The standard InChI is InChI=1S/C30H31N7O3/c1-40-16-6-11-37-27-26(33-30(37)34-28(38)24-10-5-9-23(17-24)19-31)18-25(20-32-27)29(39)36-14-12-35(13-15-36)21-22-7-3-2-4-8-22/h2-5,7-10,17-18,20H,6,11-16,21H2,1H3,(H,33,34,38). The molecule has 2 aromatic heterocycles. The lowest BCUT2D eigenvalue weighted by molar-refractivity contribution is 0.0628. The van der Waals surface area contributed by atoms with Gasteiger partial charge in [0.1, 0.15) is 5.52 Å². The van der Waals surface area contributed by atoms with Gasteiger partial charge in [0.15, 0.2) is 5.65 Å². The lowest BCUT2D eigenvalue weighted by Gasteiger charge is -2.34. The highest BCUT2D eigenvalue weighted by atomic mass is 16.5. The number of carbonyl (C=O) groups excluding carboxylic acids is 2. The molecule has 10 heteroatoms. The minimum absolute atomic E-state index is 0.0819. The maximum atomic E-state index is 13.4. The minimum atomic E-state index is -0.384. The maximum absolute atomic E-state index is 13.4. The van der Waals surface area contributed by atoms with Crippen molar-refractivity contribution in [2.75, 3.05) is 45.2 Å². The van der Waals surface area contributed by atoms with E-state index in [2.05, 4.69) is 32.3 Å². The predicted octanol–water partition coefficient (Wildman–Crippen LogP) is 3.55. The Kier molecular flexibility index (Phi) is 8.44. The van der Waals surface area contributed by atoms with Crippen molar-refractivity contribution in [1.29, 1.82) is 5.26 Å². The molecular weight excluding hydrogens is 506 g/mol. The van der Waals surface area contributed by atoms with Gasteiger partial charge < -0.3 is 9.64 Å². The number of nitriles is 1. The van der Waals surface area contributed by atoms with Crippen LogP contribution in [-0.4, -0.2) is 76.0 Å². The number of nitrogens with zero attached hydrogens (tertiary/aromatic N) is 6. The summed E-state index contributed by atoms with van der Waals surface area (Å²) in [7, 11) is 1.63. The molecule has 1 N–H and O–H groups in total. The molecule has 0 bridgehead atoms. The highest BCUT2D eigenvalue weighted by Crippen LogP contribution is 2.22. The Bertz CT molecular complexity index is 1540. The molecule has 1 aliphatic rings. The molecule has 4 aromatic rings. The second-order valence-corrected chi connectivity index (χ2v) is 9.70. The number of anilines is 1. The number of hydrogen-bond donors (Lipinski definition) is 1. The quantitative estimate of drug-likeness (QED) is 0.325. The van der Waals surface area contributed by atoms with E-state index in [1.54, 1.807) is 37.6 Å². The van der Waals surface area contributed by atoms with E-state index in [0.29, 0.717) is 66.5 Å². The third-order valence-electron chi connectivity index (χ3n) is 6.95. The van der Waals surface area contributed by atoms with Gasteiger partial charge in [0.25, 0.3) is 11.8 Å². The summed E-state index contributed by atoms with van der Waals surface area (Å²) in [5.74, 6) is -0.142. The Balaban J connectivity index is 1.32. The monoisotopic (exact) mass is 537 g/mol. The molecule has 204 valence electrons. The summed E-state index contributed by atoms with van der Waals surface area (Å²) in [4.78, 5) is 39.8. The second kappa shape index (κ2) is 12.5. The molecule has 10 nitrogen and oxygen atoms in total. The Morgan fingerprint density at radius 3 is 2.58 bits per heavy atom. The summed E-state index contributed by atoms with van der Waals surface area (Å²) < 4.78 is 7.02. The number of piperazine rings is 1. The number of ether oxygens (including phenoxy) is 1. The van der Waals surface area contributed by atoms with Gasteiger partial charge in [-0.25, -0.2) is 9.97 Å². The number of imidazole rings is 1. The third-order valence-corrected chi connectivity index (χ3v) is 6.95. The van der Waals surface area contributed by atoms with Crippen molar-refractivity contribution in [2.24, 2.45) is 0 Å². The van der Waals surface area contributed by atoms with Crippen LogP contribution >= 0.6 is 0 Å². The average Bonchev–Trinajstić information content (AvgIpc) is 3.33. The van der Waals surface area contributed by atoms with Crippen molar-refractivity contribution in [3.8, 4) is 6.07 Å². The lowest BCUT2D eigenvalue weighted by Crippen LogP contribution is -2.48. The fraction of sp³-hybridized carbons (Fsp3) is 0.300. The molecule has 0 radical (unpaired) electrons. The molecule has 0 spiro atoms. The van der Waals surface area contributed by atoms with Crippen LogP contribution in [0.15, 0.2) is 66.9 Å². The summed E-state index contributed by atoms with van der Waals surface area (Å²) in [6.07, 6.45) is 2.27. The predicted molar refractivity (Wildman–Crippen MR) is 151 cm³/mol. The van der Waals surface area contributed by atoms with Crippen molar-refractivity contribution in [3.63, 3.8) is 0 Å². The Hall–Kier alpha value is -4.59. The van der Waals surface area contributed by atoms with Crippen molar-refractivity contribution in [2.45, 2.75) is 19.5 Å². The highest BCUT2D eigenvalue weighted by Gasteiger charge is 2.24. The van der Waals surface area contributed by atoms with Crippen molar-refractivity contribution in [3.05, 3.63) is 89.1 Å². The summed E-state index contributed by atoms with van der Waals surface area (Å²) >= 11 is 0. The van der Waals surface area contributed by atoms with Crippen LogP contribution in [0.5, 0.6) is 0 Å². The zero-order valence-electron chi connectivity index (χ0n) is 22.4. The number of fused-ring (bicyclic) bond motifs is 1. The molecule has 0 aliphatic carbocycles. The highest BCUT2D eigenvalue weighted by molar-refractivity contribution is 6.04. The largest absolute Gasteiger partial charge is 0.385 e. The van der Waals surface area contributed by atoms with E-state index < -0.39 is 0 Å². The van der Waals surface area contributed by atoms with Crippen LogP contribution in [-0.2, 0) is 17.8 Å². The number of carbonyl (C=O) groups is 2. The fourth-order valence-electron chi connectivity index (χ4n) is 4.84. The Morgan fingerprint density at radius 1 is 1.02 bits per heavy atom. The van der Waals surface area contributed by atoms with E-state index in [-0.39, 0.29) is 11.8 Å². The van der Waals surface area contributed by atoms with Gasteiger partial charge in [-0.2, -0.15) is 5.26 Å². The van der Waals surface area contributed by atoms with Gasteiger partial charge in [-0.3, -0.25) is 24.4 Å². The van der Waals surface area contributed by atoms with Crippen LogP contribution in [0.25, 0.3) is 11.2 Å². The molecular formula is C30H31N7O3. The summed E-state index contributed by atoms with van der Waals surface area (Å²) in [6.45, 7) is 4.79. The molecule has 1 fully saturated rings. The molecule has 2 aromatic carbocycles. The molecule has 0 saturated carbocycles. The number of nitrogens with one attached hydrogen (secondary N) is 1. The molecule has 40 heavy (non-hydrogen) atoms. The van der Waals surface area contributed by atoms with Crippen LogP contribution < -0.4 is 5.32 Å². The van der Waals surface area contributed by atoms with Gasteiger partial charge in [0.05, 0.1) is 17.2 Å². The molecule has 0 unspecified atom stereocenters. The number of benzene rings is 2. The van der Waals surface area contributed by atoms with Crippen molar-refractivity contribution < 1.29 is 14.3 Å². The van der Waals surface area contributed by atoms with E-state index in [9.17, 15) is 14.9 Å². The summed E-state index contributed by atoms with van der Waals surface area (Å²) in [5, 5.41) is 12.0. The molecule has 3 heterocycles. The van der Waals surface area contributed by atoms with Crippen molar-refractivity contribution >= 4 is 28.9 Å². The summed E-state index contributed by atoms with van der Waals surface area (Å²) in [5.41, 5.74) is 3.56. The Morgan fingerprint density at radius 2 is 1.82 bits per heavy atom. The van der Waals surface area contributed by atoms with Crippen molar-refractivity contribution in [1.82, 2.24) is 24.3 Å². The van der Waals surface area contributed by atoms with Crippen LogP contribution in [0.4, 0.5) is 5.95 Å². The molecule has 1 saturated heterocycles. The smallest absolute Gasteiger partial charge is 0.258 e. The van der Waals surface area contributed by atoms with Crippen LogP contribution in [0.1, 0.15) is 38.3 Å². The number of pyridine rings is 1. The van der Waals surface area contributed by atoms with Gasteiger partial charge in [0, 0.05) is 64.7 Å². The fourth-order valence-corrected chi connectivity index (χ4v) is 4.84. The Labute approximate surface area is 232 Å². The summed E-state index contributed by atoms with van der Waals surface area (Å²) in [6, 6.07) is 20.6. The number of hydrogen-bond acceptors (Lipinski definition) is 7. The second-order valence-electron chi connectivity index (χ2n) is 9.70. The first-order chi connectivity index (χ1) is 19.6. The van der Waals surface area contributed by atoms with Gasteiger partial charge in [0.2, 0.25) is 5.95 Å². The number of methoxy groups -OCH3 is 1. The maximum Gasteiger partial charge on any atom is 0.258 e. The third kappa shape index (κ3) is 6.17. The molecule has 5 rings (SSSR count). The average molecular weight is 538 g/mol. The SMILES string of the molecule is COCCCn1c(NC(=O)c2cccc(C#N)c2)nc2cc(C(=O)N3CCN(Cc4ccccc4)CC3)cnc21. The molecule has 0 atom stereocenters. The first-order valence-electron chi connectivity index (χ1n) is 13.3. The zero-order valence-corrected chi connectivity index (χ0v) is 22.4. The number of rotatable bonds is 9. The molecule has 1 aliphatic heterocycles. The number of aromatic nitrogens is 3.